The van der Waals surface area contributed by atoms with Gasteiger partial charge in [0.25, 0.3) is 0 Å². The molecule has 0 saturated carbocycles. The van der Waals surface area contributed by atoms with E-state index in [1.165, 1.54) is 0 Å². The van der Waals surface area contributed by atoms with Crippen LogP contribution < -0.4 is 5.32 Å². The smallest absolute Gasteiger partial charge is 0.227 e. The Morgan fingerprint density at radius 1 is 1.71 bits per heavy atom. The SMILES string of the molecule is CN(C(=O)Cc1cccs1)C1CNC1. The molecule has 2 rings (SSSR count). The Kier molecular flexibility index (Phi) is 2.84. The van der Waals surface area contributed by atoms with Crippen LogP contribution >= 0.6 is 11.3 Å². The average Bonchev–Trinajstić information content (AvgIpc) is 2.53. The van der Waals surface area contributed by atoms with E-state index in [1.807, 2.05) is 29.5 Å². The van der Waals surface area contributed by atoms with E-state index in [9.17, 15) is 4.79 Å². The van der Waals surface area contributed by atoms with Gasteiger partial charge in [-0.15, -0.1) is 11.3 Å². The second kappa shape index (κ2) is 4.11. The molecule has 4 heteroatoms. The fourth-order valence-electron chi connectivity index (χ4n) is 1.44. The van der Waals surface area contributed by atoms with Crippen LogP contribution in [0.15, 0.2) is 17.5 Å². The lowest BCUT2D eigenvalue weighted by atomic mass is 10.1. The number of amides is 1. The molecule has 0 radical (unpaired) electrons. The van der Waals surface area contributed by atoms with Crippen LogP contribution in [-0.4, -0.2) is 37.0 Å². The molecular weight excluding hydrogens is 196 g/mol. The zero-order chi connectivity index (χ0) is 9.97. The molecule has 1 fully saturated rings. The number of thiophene rings is 1. The number of hydrogen-bond acceptors (Lipinski definition) is 3. The van der Waals surface area contributed by atoms with E-state index in [0.29, 0.717) is 12.5 Å². The zero-order valence-electron chi connectivity index (χ0n) is 8.19. The lowest BCUT2D eigenvalue weighted by Crippen LogP contribution is -2.57. The van der Waals surface area contributed by atoms with Crippen molar-refractivity contribution in [1.29, 1.82) is 0 Å². The summed E-state index contributed by atoms with van der Waals surface area (Å²) in [5, 5.41) is 5.17. The largest absolute Gasteiger partial charge is 0.340 e. The van der Waals surface area contributed by atoms with Crippen molar-refractivity contribution in [2.45, 2.75) is 12.5 Å². The Bertz CT molecular complexity index is 306. The van der Waals surface area contributed by atoms with Crippen molar-refractivity contribution in [2.75, 3.05) is 20.1 Å². The minimum absolute atomic E-state index is 0.221. The lowest BCUT2D eigenvalue weighted by molar-refractivity contribution is -0.132. The van der Waals surface area contributed by atoms with Crippen LogP contribution in [0, 0.1) is 0 Å². The fraction of sp³-hybridized carbons (Fsp3) is 0.500. The summed E-state index contributed by atoms with van der Waals surface area (Å²) in [6, 6.07) is 4.40. The summed E-state index contributed by atoms with van der Waals surface area (Å²) in [4.78, 5) is 14.8. The van der Waals surface area contributed by atoms with Crippen LogP contribution in [0.2, 0.25) is 0 Å². The molecule has 76 valence electrons. The first-order valence-electron chi connectivity index (χ1n) is 4.76. The number of nitrogens with one attached hydrogen (secondary N) is 1. The standard InChI is InChI=1S/C10H14N2OS/c1-12(8-6-11-7-8)10(13)5-9-3-2-4-14-9/h2-4,8,11H,5-7H2,1H3. The highest BCUT2D eigenvalue weighted by Crippen LogP contribution is 2.12. The lowest BCUT2D eigenvalue weighted by Gasteiger charge is -2.35. The molecule has 1 aromatic rings. The third-order valence-corrected chi connectivity index (χ3v) is 3.48. The van der Waals surface area contributed by atoms with Crippen molar-refractivity contribution >= 4 is 17.2 Å². The molecule has 0 unspecified atom stereocenters. The summed E-state index contributed by atoms with van der Waals surface area (Å²) in [7, 11) is 1.89. The predicted octanol–water partition coefficient (Wildman–Crippen LogP) is 0.721. The molecule has 1 amide bonds. The van der Waals surface area contributed by atoms with E-state index in [1.54, 1.807) is 11.3 Å². The van der Waals surface area contributed by atoms with E-state index in [-0.39, 0.29) is 5.91 Å². The van der Waals surface area contributed by atoms with E-state index in [4.69, 9.17) is 0 Å². The van der Waals surface area contributed by atoms with Crippen molar-refractivity contribution in [3.8, 4) is 0 Å². The van der Waals surface area contributed by atoms with Crippen LogP contribution in [0.3, 0.4) is 0 Å². The monoisotopic (exact) mass is 210 g/mol. The van der Waals surface area contributed by atoms with E-state index < -0.39 is 0 Å². The van der Waals surface area contributed by atoms with Crippen molar-refractivity contribution in [2.24, 2.45) is 0 Å². The first-order valence-corrected chi connectivity index (χ1v) is 5.64. The number of carbonyl (C=O) groups excluding carboxylic acids is 1. The van der Waals surface area contributed by atoms with Gasteiger partial charge >= 0.3 is 0 Å². The molecule has 0 spiro atoms. The Labute approximate surface area is 87.7 Å². The number of nitrogens with zero attached hydrogens (tertiary/aromatic N) is 1. The van der Waals surface area contributed by atoms with Gasteiger partial charge in [-0.1, -0.05) is 6.07 Å². The molecule has 0 bridgehead atoms. The van der Waals surface area contributed by atoms with Gasteiger partial charge in [0.2, 0.25) is 5.91 Å². The maximum absolute atomic E-state index is 11.7. The van der Waals surface area contributed by atoms with Gasteiger partial charge in [0, 0.05) is 25.0 Å². The summed E-state index contributed by atoms with van der Waals surface area (Å²) in [6.07, 6.45) is 0.546. The van der Waals surface area contributed by atoms with Gasteiger partial charge in [-0.05, 0) is 11.4 Å². The van der Waals surface area contributed by atoms with Gasteiger partial charge in [0.05, 0.1) is 12.5 Å². The van der Waals surface area contributed by atoms with Crippen LogP contribution in [0.4, 0.5) is 0 Å². The molecule has 1 aliphatic heterocycles. The Morgan fingerprint density at radius 3 is 3.00 bits per heavy atom. The summed E-state index contributed by atoms with van der Waals surface area (Å²) in [6.45, 7) is 1.87. The normalized spacial score (nSPS) is 16.4. The summed E-state index contributed by atoms with van der Waals surface area (Å²) in [5.74, 6) is 0.221. The van der Waals surface area contributed by atoms with Gasteiger partial charge in [-0.3, -0.25) is 4.79 Å². The van der Waals surface area contributed by atoms with Gasteiger partial charge in [0.15, 0.2) is 0 Å². The molecule has 0 aromatic carbocycles. The topological polar surface area (TPSA) is 32.3 Å². The summed E-state index contributed by atoms with van der Waals surface area (Å²) in [5.41, 5.74) is 0. The maximum atomic E-state index is 11.7. The first kappa shape index (κ1) is 9.68. The summed E-state index contributed by atoms with van der Waals surface area (Å²) < 4.78 is 0. The average molecular weight is 210 g/mol. The maximum Gasteiger partial charge on any atom is 0.227 e. The second-order valence-electron chi connectivity index (χ2n) is 3.57. The molecule has 1 saturated heterocycles. The van der Waals surface area contributed by atoms with Crippen molar-refractivity contribution < 1.29 is 4.79 Å². The van der Waals surface area contributed by atoms with Crippen LogP contribution in [0.1, 0.15) is 4.88 Å². The molecule has 0 aliphatic carbocycles. The molecule has 1 aliphatic rings. The van der Waals surface area contributed by atoms with Crippen molar-refractivity contribution in [1.82, 2.24) is 10.2 Å². The number of hydrogen-bond donors (Lipinski definition) is 1. The minimum Gasteiger partial charge on any atom is -0.340 e. The Morgan fingerprint density at radius 2 is 2.50 bits per heavy atom. The Balaban J connectivity index is 1.88. The number of likely N-dealkylation sites (N-methyl/N-ethyl adjacent to an activating group) is 1. The number of rotatable bonds is 3. The molecule has 2 heterocycles. The van der Waals surface area contributed by atoms with E-state index in [0.717, 1.165) is 18.0 Å². The van der Waals surface area contributed by atoms with Crippen LogP contribution in [-0.2, 0) is 11.2 Å². The zero-order valence-corrected chi connectivity index (χ0v) is 9.01. The van der Waals surface area contributed by atoms with E-state index >= 15 is 0 Å². The highest BCUT2D eigenvalue weighted by molar-refractivity contribution is 7.10. The van der Waals surface area contributed by atoms with E-state index in [2.05, 4.69) is 5.32 Å². The van der Waals surface area contributed by atoms with Crippen LogP contribution in [0.5, 0.6) is 0 Å². The molecule has 1 aromatic heterocycles. The molecule has 3 nitrogen and oxygen atoms in total. The van der Waals surface area contributed by atoms with Gasteiger partial charge in [-0.2, -0.15) is 0 Å². The molecule has 14 heavy (non-hydrogen) atoms. The first-order chi connectivity index (χ1) is 6.77. The number of carbonyl (C=O) groups is 1. The Hall–Kier alpha value is -0.870. The van der Waals surface area contributed by atoms with Gasteiger partial charge in [0.1, 0.15) is 0 Å². The third-order valence-electron chi connectivity index (χ3n) is 2.61. The second-order valence-corrected chi connectivity index (χ2v) is 4.61. The molecule has 1 N–H and O–H groups in total. The van der Waals surface area contributed by atoms with Crippen molar-refractivity contribution in [3.05, 3.63) is 22.4 Å². The van der Waals surface area contributed by atoms with Gasteiger partial charge in [-0.25, -0.2) is 0 Å². The summed E-state index contributed by atoms with van der Waals surface area (Å²) >= 11 is 1.64. The molecular formula is C10H14N2OS. The molecule has 0 atom stereocenters. The fourth-order valence-corrected chi connectivity index (χ4v) is 2.13. The highest BCUT2D eigenvalue weighted by Gasteiger charge is 2.25. The van der Waals surface area contributed by atoms with Gasteiger partial charge < -0.3 is 10.2 Å². The van der Waals surface area contributed by atoms with Crippen molar-refractivity contribution in [3.63, 3.8) is 0 Å². The highest BCUT2D eigenvalue weighted by atomic mass is 32.1. The van der Waals surface area contributed by atoms with Crippen LogP contribution in [0.25, 0.3) is 0 Å². The third kappa shape index (κ3) is 1.96. The predicted molar refractivity (Wildman–Crippen MR) is 57.5 cm³/mol. The minimum atomic E-state index is 0.221. The quantitative estimate of drug-likeness (QED) is 0.797.